The van der Waals surface area contributed by atoms with Crippen LogP contribution in [0.3, 0.4) is 0 Å². The fraction of sp³-hybridized carbons (Fsp3) is 0.533. The van der Waals surface area contributed by atoms with Crippen molar-refractivity contribution in [1.29, 1.82) is 0 Å². The van der Waals surface area contributed by atoms with Gasteiger partial charge in [0.1, 0.15) is 11.3 Å². The van der Waals surface area contributed by atoms with Gasteiger partial charge in [-0.15, -0.1) is 0 Å². The molecular weight excluding hydrogens is 238 g/mol. The summed E-state index contributed by atoms with van der Waals surface area (Å²) < 4.78 is 7.40. The molecule has 0 saturated heterocycles. The lowest BCUT2D eigenvalue weighted by Crippen LogP contribution is -2.03. The first kappa shape index (κ1) is 13.7. The first-order valence-corrected chi connectivity index (χ1v) is 6.92. The molecule has 19 heavy (non-hydrogen) atoms. The number of rotatable bonds is 6. The van der Waals surface area contributed by atoms with Crippen molar-refractivity contribution in [2.75, 3.05) is 12.8 Å². The highest BCUT2D eigenvalue weighted by molar-refractivity contribution is 5.84. The number of aryl methyl sites for hydroxylation is 1. The van der Waals surface area contributed by atoms with Crippen LogP contribution in [0.4, 0.5) is 5.95 Å². The highest BCUT2D eigenvalue weighted by Crippen LogP contribution is 2.27. The van der Waals surface area contributed by atoms with E-state index in [1.165, 1.54) is 12.8 Å². The maximum Gasteiger partial charge on any atom is 0.201 e. The van der Waals surface area contributed by atoms with Gasteiger partial charge in [-0.25, -0.2) is 4.98 Å². The third-order valence-electron chi connectivity index (χ3n) is 3.40. The molecule has 4 nitrogen and oxygen atoms in total. The summed E-state index contributed by atoms with van der Waals surface area (Å²) in [4.78, 5) is 4.41. The molecule has 0 bridgehead atoms. The maximum absolute atomic E-state index is 6.02. The summed E-state index contributed by atoms with van der Waals surface area (Å²) >= 11 is 0. The van der Waals surface area contributed by atoms with E-state index >= 15 is 0 Å². The molecular formula is C15H23N3O. The number of hydrogen-bond acceptors (Lipinski definition) is 3. The smallest absolute Gasteiger partial charge is 0.201 e. The molecule has 0 radical (unpaired) electrons. The summed E-state index contributed by atoms with van der Waals surface area (Å²) in [5.74, 6) is 2.12. The zero-order valence-electron chi connectivity index (χ0n) is 12.0. The summed E-state index contributed by atoms with van der Waals surface area (Å²) in [5.41, 5.74) is 7.93. The quantitative estimate of drug-likeness (QED) is 0.810. The third kappa shape index (κ3) is 3.00. The molecule has 0 fully saturated rings. The summed E-state index contributed by atoms with van der Waals surface area (Å²) in [6.45, 7) is 5.43. The van der Waals surface area contributed by atoms with Gasteiger partial charge in [0, 0.05) is 6.54 Å². The predicted molar refractivity (Wildman–Crippen MR) is 79.4 cm³/mol. The Kier molecular flexibility index (Phi) is 4.30. The average Bonchev–Trinajstić information content (AvgIpc) is 2.70. The topological polar surface area (TPSA) is 53.1 Å². The van der Waals surface area contributed by atoms with E-state index in [9.17, 15) is 0 Å². The van der Waals surface area contributed by atoms with Gasteiger partial charge in [0.15, 0.2) is 0 Å². The average molecular weight is 261 g/mol. The van der Waals surface area contributed by atoms with Crippen molar-refractivity contribution in [2.24, 2.45) is 5.92 Å². The second kappa shape index (κ2) is 5.95. The number of nitrogens with zero attached hydrogens (tertiary/aromatic N) is 2. The second-order valence-corrected chi connectivity index (χ2v) is 5.34. The Morgan fingerprint density at radius 3 is 2.79 bits per heavy atom. The highest BCUT2D eigenvalue weighted by atomic mass is 16.5. The normalized spacial score (nSPS) is 11.4. The van der Waals surface area contributed by atoms with Crippen LogP contribution in [0.15, 0.2) is 18.2 Å². The van der Waals surface area contributed by atoms with Gasteiger partial charge >= 0.3 is 0 Å². The van der Waals surface area contributed by atoms with E-state index in [-0.39, 0.29) is 0 Å². The van der Waals surface area contributed by atoms with Crippen molar-refractivity contribution in [3.05, 3.63) is 18.2 Å². The molecule has 104 valence electrons. The van der Waals surface area contributed by atoms with Crippen LogP contribution in [0.2, 0.25) is 0 Å². The lowest BCUT2D eigenvalue weighted by atomic mass is 10.1. The fourth-order valence-electron chi connectivity index (χ4n) is 2.36. The molecule has 4 heteroatoms. The van der Waals surface area contributed by atoms with Crippen molar-refractivity contribution in [1.82, 2.24) is 9.55 Å². The first-order chi connectivity index (χ1) is 9.13. The van der Waals surface area contributed by atoms with Crippen LogP contribution in [0.5, 0.6) is 5.75 Å². The molecule has 0 unspecified atom stereocenters. The van der Waals surface area contributed by atoms with E-state index in [4.69, 9.17) is 10.5 Å². The van der Waals surface area contributed by atoms with Gasteiger partial charge in [-0.2, -0.15) is 0 Å². The minimum absolute atomic E-state index is 0.573. The number of para-hydroxylation sites is 1. The van der Waals surface area contributed by atoms with Gasteiger partial charge < -0.3 is 15.0 Å². The van der Waals surface area contributed by atoms with Crippen molar-refractivity contribution >= 4 is 17.0 Å². The predicted octanol–water partition coefficient (Wildman–Crippen LogP) is 3.45. The van der Waals surface area contributed by atoms with Gasteiger partial charge in [-0.1, -0.05) is 32.8 Å². The number of unbranched alkanes of at least 4 members (excludes halogenated alkanes) is 1. The number of benzene rings is 1. The summed E-state index contributed by atoms with van der Waals surface area (Å²) in [7, 11) is 1.66. The number of anilines is 1. The second-order valence-electron chi connectivity index (χ2n) is 5.34. The minimum Gasteiger partial charge on any atom is -0.494 e. The number of hydrogen-bond donors (Lipinski definition) is 1. The monoisotopic (exact) mass is 261 g/mol. The lowest BCUT2D eigenvalue weighted by molar-refractivity contribution is 0.419. The summed E-state index contributed by atoms with van der Waals surface area (Å²) in [6.07, 6.45) is 3.61. The zero-order valence-corrected chi connectivity index (χ0v) is 12.0. The van der Waals surface area contributed by atoms with E-state index in [2.05, 4.69) is 23.4 Å². The van der Waals surface area contributed by atoms with Gasteiger partial charge in [-0.05, 0) is 24.5 Å². The van der Waals surface area contributed by atoms with Crippen LogP contribution in [0.25, 0.3) is 11.0 Å². The standard InChI is InChI=1S/C15H23N3O/c1-11(2)7-4-5-10-18-12-8-6-9-13(19-3)14(12)17-15(18)16/h6,8-9,11H,4-5,7,10H2,1-3H3,(H2,16,17). The minimum atomic E-state index is 0.573. The molecule has 1 aromatic carbocycles. The highest BCUT2D eigenvalue weighted by Gasteiger charge is 2.11. The van der Waals surface area contributed by atoms with Crippen molar-refractivity contribution < 1.29 is 4.74 Å². The molecule has 1 aromatic heterocycles. The van der Waals surface area contributed by atoms with E-state index in [0.717, 1.165) is 35.7 Å². The van der Waals surface area contributed by atoms with Gasteiger partial charge in [-0.3, -0.25) is 0 Å². The van der Waals surface area contributed by atoms with Crippen LogP contribution in [0, 0.1) is 5.92 Å². The van der Waals surface area contributed by atoms with Crippen LogP contribution in [-0.4, -0.2) is 16.7 Å². The SMILES string of the molecule is COc1cccc2c1nc(N)n2CCCCC(C)C. The van der Waals surface area contributed by atoms with Crippen molar-refractivity contribution in [2.45, 2.75) is 39.7 Å². The molecule has 2 N–H and O–H groups in total. The number of nitrogens with two attached hydrogens (primary N) is 1. The Bertz CT molecular complexity index is 546. The molecule has 0 aliphatic heterocycles. The number of methoxy groups -OCH3 is 1. The summed E-state index contributed by atoms with van der Waals surface area (Å²) in [5, 5.41) is 0. The fourth-order valence-corrected chi connectivity index (χ4v) is 2.36. The van der Waals surface area contributed by atoms with Gasteiger partial charge in [0.2, 0.25) is 5.95 Å². The Labute approximate surface area is 114 Å². The molecule has 0 aliphatic rings. The molecule has 1 heterocycles. The van der Waals surface area contributed by atoms with Crippen LogP contribution < -0.4 is 10.5 Å². The molecule has 0 spiro atoms. The summed E-state index contributed by atoms with van der Waals surface area (Å²) in [6, 6.07) is 5.94. The molecule has 0 amide bonds. The van der Waals surface area contributed by atoms with Crippen molar-refractivity contribution in [3.63, 3.8) is 0 Å². The molecule has 2 aromatic rings. The number of fused-ring (bicyclic) bond motifs is 1. The number of imidazole rings is 1. The Morgan fingerprint density at radius 2 is 2.11 bits per heavy atom. The van der Waals surface area contributed by atoms with Crippen LogP contribution in [0.1, 0.15) is 33.1 Å². The van der Waals surface area contributed by atoms with Gasteiger partial charge in [0.25, 0.3) is 0 Å². The zero-order chi connectivity index (χ0) is 13.8. The van der Waals surface area contributed by atoms with Crippen LogP contribution >= 0.6 is 0 Å². The Morgan fingerprint density at radius 1 is 1.32 bits per heavy atom. The van der Waals surface area contributed by atoms with Gasteiger partial charge in [0.05, 0.1) is 12.6 Å². The third-order valence-corrected chi connectivity index (χ3v) is 3.40. The molecule has 0 aliphatic carbocycles. The largest absolute Gasteiger partial charge is 0.494 e. The maximum atomic E-state index is 6.02. The number of ether oxygens (including phenoxy) is 1. The van der Waals surface area contributed by atoms with E-state index in [1.807, 2.05) is 18.2 Å². The van der Waals surface area contributed by atoms with E-state index in [1.54, 1.807) is 7.11 Å². The Hall–Kier alpha value is -1.71. The number of aromatic nitrogens is 2. The lowest BCUT2D eigenvalue weighted by Gasteiger charge is -2.08. The van der Waals surface area contributed by atoms with Crippen LogP contribution in [-0.2, 0) is 6.54 Å². The Balaban J connectivity index is 2.16. The molecule has 0 atom stereocenters. The molecule has 0 saturated carbocycles. The van der Waals surface area contributed by atoms with E-state index < -0.39 is 0 Å². The molecule has 2 rings (SSSR count). The first-order valence-electron chi connectivity index (χ1n) is 6.92. The van der Waals surface area contributed by atoms with E-state index in [0.29, 0.717) is 5.95 Å². The number of nitrogen functional groups attached to an aromatic ring is 1. The van der Waals surface area contributed by atoms with Crippen molar-refractivity contribution in [3.8, 4) is 5.75 Å².